The first-order valence-corrected chi connectivity index (χ1v) is 12.0. The summed E-state index contributed by atoms with van der Waals surface area (Å²) in [6, 6.07) is 15.8. The van der Waals surface area contributed by atoms with E-state index < -0.39 is 10.0 Å². The summed E-state index contributed by atoms with van der Waals surface area (Å²) in [4.78, 5) is 0. The Bertz CT molecular complexity index is 748. The van der Waals surface area contributed by atoms with Crippen molar-refractivity contribution in [3.8, 4) is 0 Å². The lowest BCUT2D eigenvalue weighted by molar-refractivity contribution is 0.890. The van der Waals surface area contributed by atoms with E-state index in [0.717, 1.165) is 12.8 Å². The molecular formula is C23H30S. The van der Waals surface area contributed by atoms with Gasteiger partial charge in [-0.25, -0.2) is 10.0 Å². The number of hydrogen-bond donors (Lipinski definition) is 0. The summed E-state index contributed by atoms with van der Waals surface area (Å²) < 4.78 is 0. The van der Waals surface area contributed by atoms with E-state index in [2.05, 4.69) is 81.2 Å². The molecule has 3 rings (SSSR count). The maximum atomic E-state index is 2.48. The summed E-state index contributed by atoms with van der Waals surface area (Å²) in [6.07, 6.45) is 12.0. The lowest BCUT2D eigenvalue weighted by Crippen LogP contribution is -2.03. The van der Waals surface area contributed by atoms with Crippen molar-refractivity contribution in [3.63, 3.8) is 0 Å². The van der Waals surface area contributed by atoms with Crippen LogP contribution in [0.2, 0.25) is 0 Å². The third-order valence-corrected chi connectivity index (χ3v) is 6.18. The molecule has 0 saturated heterocycles. The van der Waals surface area contributed by atoms with Crippen LogP contribution in [0.15, 0.2) is 48.0 Å². The fourth-order valence-corrected chi connectivity index (χ4v) is 5.11. The summed E-state index contributed by atoms with van der Waals surface area (Å²) >= 11 is 0. The lowest BCUT2D eigenvalue weighted by Gasteiger charge is -2.25. The Morgan fingerprint density at radius 3 is 2.38 bits per heavy atom. The van der Waals surface area contributed by atoms with Gasteiger partial charge in [0, 0.05) is 5.92 Å². The van der Waals surface area contributed by atoms with Crippen molar-refractivity contribution in [3.05, 3.63) is 75.9 Å². The summed E-state index contributed by atoms with van der Waals surface area (Å²) in [5.41, 5.74) is 9.05. The molecule has 0 radical (unpaired) electrons. The molecule has 0 heterocycles. The van der Waals surface area contributed by atoms with Gasteiger partial charge in [0.2, 0.25) is 0 Å². The number of rotatable bonds is 5. The second-order valence-corrected chi connectivity index (χ2v) is 12.4. The van der Waals surface area contributed by atoms with Crippen LogP contribution in [0.3, 0.4) is 0 Å². The molecule has 1 unspecified atom stereocenters. The normalized spacial score (nSPS) is 15.8. The van der Waals surface area contributed by atoms with Crippen molar-refractivity contribution in [2.24, 2.45) is 0 Å². The van der Waals surface area contributed by atoms with Crippen LogP contribution in [0.25, 0.3) is 6.08 Å². The molecule has 2 aromatic rings. The predicted octanol–water partition coefficient (Wildman–Crippen LogP) is 6.03. The number of aryl methyl sites for hydroxylation is 1. The standard InChI is InChI=1S/C23H30S/c1-6-19-14-21-12-18(16-24(3,4)5)13-22(21)15-23(19)17(2)20-10-8-7-9-11-20/h7-11,13-15,17H,6,12,16H2,1-5H3. The molecule has 0 aromatic heterocycles. The van der Waals surface area contributed by atoms with Crippen LogP contribution in [0.1, 0.15) is 47.6 Å². The fourth-order valence-electron chi connectivity index (χ4n) is 3.81. The zero-order valence-electron chi connectivity index (χ0n) is 15.7. The molecule has 0 fully saturated rings. The van der Waals surface area contributed by atoms with Crippen molar-refractivity contribution in [1.82, 2.24) is 0 Å². The Kier molecular flexibility index (Phi) is 4.92. The highest BCUT2D eigenvalue weighted by Gasteiger charge is 2.20. The third-order valence-electron chi connectivity index (χ3n) is 4.94. The summed E-state index contributed by atoms with van der Waals surface area (Å²) in [5.74, 6) is 1.73. The largest absolute Gasteiger partial charge is 0.246 e. The molecule has 24 heavy (non-hydrogen) atoms. The molecule has 0 spiro atoms. The number of fused-ring (bicyclic) bond motifs is 1. The average Bonchev–Trinajstić information content (AvgIpc) is 2.92. The van der Waals surface area contributed by atoms with E-state index in [1.807, 2.05) is 0 Å². The Balaban J connectivity index is 1.96. The third kappa shape index (κ3) is 3.78. The van der Waals surface area contributed by atoms with Gasteiger partial charge in [0.25, 0.3) is 0 Å². The van der Waals surface area contributed by atoms with Gasteiger partial charge in [-0.05, 0) is 65.2 Å². The highest BCUT2D eigenvalue weighted by molar-refractivity contribution is 8.32. The van der Waals surface area contributed by atoms with Crippen LogP contribution in [0.4, 0.5) is 0 Å². The molecule has 0 nitrogen and oxygen atoms in total. The number of benzene rings is 2. The SMILES string of the molecule is CCc1cc2c(cc1C(C)c1ccccc1)C=C(CS(C)(C)C)C2. The molecule has 0 amide bonds. The fraction of sp³-hybridized carbons (Fsp3) is 0.391. The minimum Gasteiger partial charge on any atom is -0.246 e. The smallest absolute Gasteiger partial charge is 0.00639 e. The van der Waals surface area contributed by atoms with Gasteiger partial charge >= 0.3 is 0 Å². The molecule has 1 aliphatic rings. The van der Waals surface area contributed by atoms with Gasteiger partial charge in [-0.2, -0.15) is 0 Å². The molecule has 2 aromatic carbocycles. The van der Waals surface area contributed by atoms with Crippen LogP contribution >= 0.6 is 10.0 Å². The Labute approximate surface area is 149 Å². The highest BCUT2D eigenvalue weighted by Crippen LogP contribution is 2.41. The lowest BCUT2D eigenvalue weighted by atomic mass is 9.86. The molecule has 0 saturated carbocycles. The minimum absolute atomic E-state index is 0.456. The van der Waals surface area contributed by atoms with Crippen molar-refractivity contribution < 1.29 is 0 Å². The monoisotopic (exact) mass is 338 g/mol. The van der Waals surface area contributed by atoms with Crippen molar-refractivity contribution in [2.75, 3.05) is 24.5 Å². The molecule has 0 bridgehead atoms. The quantitative estimate of drug-likeness (QED) is 0.624. The first-order valence-electron chi connectivity index (χ1n) is 8.93. The van der Waals surface area contributed by atoms with E-state index in [0.29, 0.717) is 5.92 Å². The van der Waals surface area contributed by atoms with Crippen LogP contribution < -0.4 is 0 Å². The van der Waals surface area contributed by atoms with E-state index in [-0.39, 0.29) is 0 Å². The zero-order chi connectivity index (χ0) is 17.3. The van der Waals surface area contributed by atoms with E-state index in [9.17, 15) is 0 Å². The van der Waals surface area contributed by atoms with Crippen LogP contribution in [0, 0.1) is 0 Å². The maximum Gasteiger partial charge on any atom is 0.00639 e. The van der Waals surface area contributed by atoms with Gasteiger partial charge < -0.3 is 0 Å². The summed E-state index contributed by atoms with van der Waals surface area (Å²) in [6.45, 7) is 4.63. The highest BCUT2D eigenvalue weighted by atomic mass is 32.3. The van der Waals surface area contributed by atoms with Crippen molar-refractivity contribution >= 4 is 16.1 Å². The van der Waals surface area contributed by atoms with Crippen LogP contribution in [0.5, 0.6) is 0 Å². The maximum absolute atomic E-state index is 2.48. The van der Waals surface area contributed by atoms with Gasteiger partial charge in [-0.3, -0.25) is 0 Å². The second kappa shape index (κ2) is 6.80. The van der Waals surface area contributed by atoms with E-state index in [4.69, 9.17) is 0 Å². The summed E-state index contributed by atoms with van der Waals surface area (Å²) in [5, 5.41) is 0. The van der Waals surface area contributed by atoms with E-state index >= 15 is 0 Å². The molecule has 1 atom stereocenters. The van der Waals surface area contributed by atoms with Crippen molar-refractivity contribution in [1.29, 1.82) is 0 Å². The Morgan fingerprint density at radius 2 is 1.75 bits per heavy atom. The minimum atomic E-state index is -0.479. The molecule has 0 aliphatic heterocycles. The van der Waals surface area contributed by atoms with Gasteiger partial charge in [0.05, 0.1) is 0 Å². The molecular weight excluding hydrogens is 308 g/mol. The first kappa shape index (κ1) is 17.4. The average molecular weight is 339 g/mol. The first-order chi connectivity index (χ1) is 11.4. The van der Waals surface area contributed by atoms with Gasteiger partial charge in [0.1, 0.15) is 0 Å². The molecule has 1 heteroatoms. The van der Waals surface area contributed by atoms with Crippen LogP contribution in [-0.2, 0) is 12.8 Å². The summed E-state index contributed by atoms with van der Waals surface area (Å²) in [7, 11) is -0.479. The molecule has 0 N–H and O–H groups in total. The Hall–Kier alpha value is -1.47. The van der Waals surface area contributed by atoms with Crippen molar-refractivity contribution in [2.45, 2.75) is 32.6 Å². The molecule has 1 aliphatic carbocycles. The van der Waals surface area contributed by atoms with Gasteiger partial charge in [-0.1, -0.05) is 68.0 Å². The van der Waals surface area contributed by atoms with E-state index in [1.54, 1.807) is 5.57 Å². The topological polar surface area (TPSA) is 0 Å². The zero-order valence-corrected chi connectivity index (χ0v) is 16.5. The number of hydrogen-bond acceptors (Lipinski definition) is 0. The Morgan fingerprint density at radius 1 is 1.04 bits per heavy atom. The van der Waals surface area contributed by atoms with Gasteiger partial charge in [-0.15, -0.1) is 0 Å². The predicted molar refractivity (Wildman–Crippen MR) is 112 cm³/mol. The molecule has 128 valence electrons. The second-order valence-electron chi connectivity index (χ2n) is 7.95. The van der Waals surface area contributed by atoms with Gasteiger partial charge in [0.15, 0.2) is 0 Å². The van der Waals surface area contributed by atoms with Crippen LogP contribution in [-0.4, -0.2) is 24.5 Å². The van der Waals surface area contributed by atoms with E-state index in [1.165, 1.54) is 33.6 Å².